The van der Waals surface area contributed by atoms with Gasteiger partial charge in [-0.05, 0) is 49.5 Å². The first-order valence-corrected chi connectivity index (χ1v) is 7.80. The molecule has 1 unspecified atom stereocenters. The van der Waals surface area contributed by atoms with Crippen LogP contribution in [0.15, 0.2) is 41.9 Å². The fraction of sp³-hybridized carbons (Fsp3) is 0.421. The zero-order chi connectivity index (χ0) is 16.1. The fourth-order valence-electron chi connectivity index (χ4n) is 2.79. The predicted molar refractivity (Wildman–Crippen MR) is 95.8 cm³/mol. The Balaban J connectivity index is 2.34. The minimum Gasteiger partial charge on any atom is -0.358 e. The van der Waals surface area contributed by atoms with E-state index in [1.807, 2.05) is 0 Å². The second kappa shape index (κ2) is 7.41. The topological polar surface area (TPSA) is 24.8 Å². The van der Waals surface area contributed by atoms with Gasteiger partial charge in [-0.1, -0.05) is 24.8 Å². The molecule has 0 saturated carbocycles. The molecule has 1 saturated heterocycles. The molecule has 0 radical (unpaired) electrons. The molecule has 1 aromatic rings. The van der Waals surface area contributed by atoms with Crippen molar-refractivity contribution in [3.05, 3.63) is 48.1 Å². The Morgan fingerprint density at radius 3 is 2.77 bits per heavy atom. The molecule has 0 aliphatic carbocycles. The fourth-order valence-corrected chi connectivity index (χ4v) is 2.79. The first-order valence-electron chi connectivity index (χ1n) is 7.80. The Bertz CT molecular complexity index is 583. The number of benzene rings is 1. The number of aliphatic imine (C=N–C) groups is 1. The Morgan fingerprint density at radius 1 is 1.36 bits per heavy atom. The van der Waals surface area contributed by atoms with Crippen molar-refractivity contribution in [1.29, 1.82) is 0 Å². The van der Waals surface area contributed by atoms with Crippen LogP contribution in [0.2, 0.25) is 0 Å². The van der Waals surface area contributed by atoms with Crippen LogP contribution >= 0.6 is 0 Å². The zero-order valence-corrected chi connectivity index (χ0v) is 13.9. The lowest BCUT2D eigenvalue weighted by atomic mass is 9.97. The third-order valence-electron chi connectivity index (χ3n) is 4.12. The van der Waals surface area contributed by atoms with Crippen molar-refractivity contribution in [2.75, 3.05) is 25.6 Å². The number of rotatable bonds is 5. The average Bonchev–Trinajstić information content (AvgIpc) is 2.54. The number of ether oxygens (including phenoxy) is 1. The van der Waals surface area contributed by atoms with Gasteiger partial charge in [0.2, 0.25) is 0 Å². The van der Waals surface area contributed by atoms with Gasteiger partial charge in [-0.15, -0.1) is 0 Å². The summed E-state index contributed by atoms with van der Waals surface area (Å²) >= 11 is 0. The number of hydrogen-bond donors (Lipinski definition) is 0. The third kappa shape index (κ3) is 3.66. The van der Waals surface area contributed by atoms with E-state index in [0.29, 0.717) is 0 Å². The van der Waals surface area contributed by atoms with Crippen molar-refractivity contribution in [2.45, 2.75) is 32.4 Å². The Kier molecular flexibility index (Phi) is 5.56. The van der Waals surface area contributed by atoms with E-state index in [9.17, 15) is 0 Å². The van der Waals surface area contributed by atoms with Crippen LogP contribution in [0.25, 0.3) is 5.57 Å². The maximum absolute atomic E-state index is 5.91. The van der Waals surface area contributed by atoms with E-state index in [0.717, 1.165) is 41.8 Å². The van der Waals surface area contributed by atoms with Crippen molar-refractivity contribution in [1.82, 2.24) is 0 Å². The summed E-state index contributed by atoms with van der Waals surface area (Å²) in [5.74, 6) is 0. The summed E-state index contributed by atoms with van der Waals surface area (Å²) in [6, 6.07) is 6.43. The summed E-state index contributed by atoms with van der Waals surface area (Å²) in [5, 5.41) is 0. The molecule has 1 fully saturated rings. The molecule has 1 heterocycles. The van der Waals surface area contributed by atoms with Crippen LogP contribution in [0.4, 0.5) is 5.69 Å². The first-order chi connectivity index (χ1) is 10.5. The summed E-state index contributed by atoms with van der Waals surface area (Å²) in [6.07, 6.45) is 5.32. The van der Waals surface area contributed by atoms with Gasteiger partial charge in [-0.2, -0.15) is 0 Å². The van der Waals surface area contributed by atoms with Crippen molar-refractivity contribution in [2.24, 2.45) is 4.99 Å². The molecule has 0 aromatic heterocycles. The Hall–Kier alpha value is -1.87. The minimum absolute atomic E-state index is 0.135. The molecule has 1 aliphatic heterocycles. The third-order valence-corrected chi connectivity index (χ3v) is 4.12. The molecule has 2 rings (SSSR count). The van der Waals surface area contributed by atoms with E-state index in [-0.39, 0.29) is 6.23 Å². The van der Waals surface area contributed by atoms with E-state index in [2.05, 4.69) is 55.2 Å². The highest BCUT2D eigenvalue weighted by Gasteiger charge is 2.21. The number of nitrogens with zero attached hydrogens (tertiary/aromatic N) is 2. The molecule has 0 N–H and O–H groups in total. The van der Waals surface area contributed by atoms with E-state index in [4.69, 9.17) is 4.74 Å². The number of aryl methyl sites for hydroxylation is 1. The summed E-state index contributed by atoms with van der Waals surface area (Å²) in [6.45, 7) is 11.2. The molecule has 22 heavy (non-hydrogen) atoms. The molecule has 0 amide bonds. The summed E-state index contributed by atoms with van der Waals surface area (Å²) < 4.78 is 5.91. The molecule has 0 bridgehead atoms. The quantitative estimate of drug-likeness (QED) is 0.600. The summed E-state index contributed by atoms with van der Waals surface area (Å²) in [7, 11) is 3.84. The van der Waals surface area contributed by atoms with Gasteiger partial charge >= 0.3 is 0 Å². The summed E-state index contributed by atoms with van der Waals surface area (Å²) in [5.41, 5.74) is 5.19. The molecule has 118 valence electrons. The van der Waals surface area contributed by atoms with Gasteiger partial charge in [0.25, 0.3) is 0 Å². The average molecular weight is 298 g/mol. The maximum atomic E-state index is 5.91. The SMILES string of the molecule is C=C(C=NC)C(=C)c1cc(C)ccc1N(C)C1CCCCO1. The standard InChI is InChI=1S/C19H26N2O/c1-14-9-10-18(21(5)19-8-6-7-11-22-19)17(12-14)16(3)15(2)13-20-4/h9-10,12-13,19H,2-3,6-8,11H2,1,4-5H3. The number of hydrogen-bond acceptors (Lipinski definition) is 3. The molecule has 0 spiro atoms. The molecular formula is C19H26N2O. The lowest BCUT2D eigenvalue weighted by Gasteiger charge is -2.34. The molecule has 3 nitrogen and oxygen atoms in total. The van der Waals surface area contributed by atoms with Crippen LogP contribution in [-0.2, 0) is 4.74 Å². The van der Waals surface area contributed by atoms with Gasteiger partial charge in [0, 0.05) is 38.2 Å². The van der Waals surface area contributed by atoms with Gasteiger partial charge in [-0.3, -0.25) is 4.99 Å². The molecule has 3 heteroatoms. The van der Waals surface area contributed by atoms with Gasteiger partial charge in [0.15, 0.2) is 0 Å². The Labute approximate surface area is 134 Å². The van der Waals surface area contributed by atoms with E-state index in [1.165, 1.54) is 12.0 Å². The highest BCUT2D eigenvalue weighted by atomic mass is 16.5. The smallest absolute Gasteiger partial charge is 0.129 e. The van der Waals surface area contributed by atoms with Crippen molar-refractivity contribution < 1.29 is 4.74 Å². The minimum atomic E-state index is 0.135. The van der Waals surface area contributed by atoms with E-state index < -0.39 is 0 Å². The normalized spacial score (nSPS) is 18.4. The number of allylic oxidation sites excluding steroid dienone is 2. The number of anilines is 1. The molecule has 1 atom stereocenters. The van der Waals surface area contributed by atoms with Crippen molar-refractivity contribution >= 4 is 17.5 Å². The second-order valence-electron chi connectivity index (χ2n) is 5.84. The lowest BCUT2D eigenvalue weighted by molar-refractivity contribution is 0.0174. The van der Waals surface area contributed by atoms with Crippen LogP contribution in [0.1, 0.15) is 30.4 Å². The molecular weight excluding hydrogens is 272 g/mol. The molecule has 1 aliphatic rings. The van der Waals surface area contributed by atoms with Gasteiger partial charge in [-0.25, -0.2) is 0 Å². The summed E-state index contributed by atoms with van der Waals surface area (Å²) in [4.78, 5) is 6.26. The van der Waals surface area contributed by atoms with Gasteiger partial charge in [0.1, 0.15) is 6.23 Å². The predicted octanol–water partition coefficient (Wildman–Crippen LogP) is 4.23. The molecule has 1 aromatic carbocycles. The van der Waals surface area contributed by atoms with Crippen LogP contribution in [0.5, 0.6) is 0 Å². The van der Waals surface area contributed by atoms with Crippen LogP contribution < -0.4 is 4.90 Å². The highest BCUT2D eigenvalue weighted by Crippen LogP contribution is 2.32. The van der Waals surface area contributed by atoms with E-state index in [1.54, 1.807) is 13.3 Å². The second-order valence-corrected chi connectivity index (χ2v) is 5.84. The van der Waals surface area contributed by atoms with Crippen LogP contribution in [-0.4, -0.2) is 33.1 Å². The van der Waals surface area contributed by atoms with Crippen LogP contribution in [0.3, 0.4) is 0 Å². The highest BCUT2D eigenvalue weighted by molar-refractivity contribution is 6.01. The zero-order valence-electron chi connectivity index (χ0n) is 13.9. The first kappa shape index (κ1) is 16.5. The maximum Gasteiger partial charge on any atom is 0.129 e. The Morgan fingerprint density at radius 2 is 2.14 bits per heavy atom. The van der Waals surface area contributed by atoms with E-state index >= 15 is 0 Å². The largest absolute Gasteiger partial charge is 0.358 e. The van der Waals surface area contributed by atoms with Gasteiger partial charge < -0.3 is 9.64 Å². The van der Waals surface area contributed by atoms with Crippen molar-refractivity contribution in [3.63, 3.8) is 0 Å². The monoisotopic (exact) mass is 298 g/mol. The van der Waals surface area contributed by atoms with Crippen LogP contribution in [0, 0.1) is 6.92 Å². The van der Waals surface area contributed by atoms with Gasteiger partial charge in [0.05, 0.1) is 0 Å². The lowest BCUT2D eigenvalue weighted by Crippen LogP contribution is -2.37. The van der Waals surface area contributed by atoms with Crippen molar-refractivity contribution in [3.8, 4) is 0 Å².